The summed E-state index contributed by atoms with van der Waals surface area (Å²) in [5.74, 6) is 0.707. The van der Waals surface area contributed by atoms with Crippen molar-refractivity contribution in [3.8, 4) is 67.5 Å². The number of hydrogen-bond acceptors (Lipinski definition) is 4. The predicted octanol–water partition coefficient (Wildman–Crippen LogP) is 12.9. The van der Waals surface area contributed by atoms with E-state index in [2.05, 4.69) is 154 Å². The molecule has 3 heterocycles. The third kappa shape index (κ3) is 6.44. The molecule has 0 aliphatic carbocycles. The lowest BCUT2D eigenvalue weighted by atomic mass is 9.83. The average Bonchev–Trinajstić information content (AvgIpc) is 3.23. The first-order valence-electron chi connectivity index (χ1n) is 18.4. The number of benzene rings is 6. The van der Waals surface area contributed by atoms with Gasteiger partial charge in [0.15, 0.2) is 5.82 Å². The van der Waals surface area contributed by atoms with E-state index in [1.807, 2.05) is 42.5 Å². The first kappa shape index (κ1) is 33.1. The highest BCUT2D eigenvalue weighted by Crippen LogP contribution is 2.37. The highest BCUT2D eigenvalue weighted by atomic mass is 14.9. The second-order valence-electron chi connectivity index (χ2n) is 14.8. The van der Waals surface area contributed by atoms with Crippen LogP contribution in [-0.4, -0.2) is 19.9 Å². The molecule has 0 saturated carbocycles. The average molecular weight is 695 g/mol. The van der Waals surface area contributed by atoms with E-state index < -0.39 is 0 Å². The molecule has 0 aliphatic heterocycles. The van der Waals surface area contributed by atoms with Gasteiger partial charge in [-0.1, -0.05) is 172 Å². The second-order valence-corrected chi connectivity index (χ2v) is 14.8. The largest absolute Gasteiger partial charge is 0.245 e. The fourth-order valence-corrected chi connectivity index (χ4v) is 7.17. The molecule has 0 spiro atoms. The Kier molecular flexibility index (Phi) is 8.36. The van der Waals surface area contributed by atoms with Gasteiger partial charge in [0.25, 0.3) is 0 Å². The molecule has 0 unspecified atom stereocenters. The van der Waals surface area contributed by atoms with Crippen molar-refractivity contribution in [1.82, 2.24) is 19.9 Å². The highest BCUT2D eigenvalue weighted by molar-refractivity contribution is 6.05. The fourth-order valence-electron chi connectivity index (χ4n) is 7.17. The van der Waals surface area contributed by atoms with Crippen LogP contribution in [0.1, 0.15) is 26.3 Å². The Labute approximate surface area is 315 Å². The van der Waals surface area contributed by atoms with Gasteiger partial charge in [-0.25, -0.2) is 19.9 Å². The van der Waals surface area contributed by atoms with Gasteiger partial charge in [-0.05, 0) is 46.4 Å². The third-order valence-electron chi connectivity index (χ3n) is 10.0. The molecule has 4 nitrogen and oxygen atoms in total. The Morgan fingerprint density at radius 2 is 0.833 bits per heavy atom. The molecule has 0 radical (unpaired) electrons. The zero-order valence-electron chi connectivity index (χ0n) is 30.5. The van der Waals surface area contributed by atoms with Gasteiger partial charge in [0.1, 0.15) is 0 Å². The molecule has 0 amide bonds. The summed E-state index contributed by atoms with van der Waals surface area (Å²) < 4.78 is 0. The second kappa shape index (κ2) is 13.6. The van der Waals surface area contributed by atoms with E-state index >= 15 is 0 Å². The van der Waals surface area contributed by atoms with Crippen LogP contribution in [0.15, 0.2) is 176 Å². The SMILES string of the molecule is CC(C)(C)c1cc(-c2ccccc2)nc2c1ccc1ccc(-c3ccc(-c4cccc(-c5cc(-c6ccccc6)nc(-c6ccccc6)n5)c4)cc3)nc12. The summed E-state index contributed by atoms with van der Waals surface area (Å²) in [6.07, 6.45) is 0. The van der Waals surface area contributed by atoms with E-state index in [0.29, 0.717) is 5.82 Å². The van der Waals surface area contributed by atoms with E-state index in [-0.39, 0.29) is 5.41 Å². The van der Waals surface area contributed by atoms with Crippen LogP contribution in [-0.2, 0) is 5.41 Å². The normalized spacial score (nSPS) is 11.6. The minimum Gasteiger partial charge on any atom is -0.245 e. The maximum atomic E-state index is 5.28. The fraction of sp³-hybridized carbons (Fsp3) is 0.0800. The Hall–Kier alpha value is -6.78. The first-order valence-corrected chi connectivity index (χ1v) is 18.4. The van der Waals surface area contributed by atoms with E-state index in [9.17, 15) is 0 Å². The van der Waals surface area contributed by atoms with Crippen molar-refractivity contribution in [2.45, 2.75) is 26.2 Å². The number of rotatable bonds is 6. The minimum atomic E-state index is -0.0645. The summed E-state index contributed by atoms with van der Waals surface area (Å²) in [5.41, 5.74) is 14.2. The molecule has 4 heteroatoms. The monoisotopic (exact) mass is 694 g/mol. The van der Waals surface area contributed by atoms with Crippen LogP contribution in [0, 0.1) is 0 Å². The van der Waals surface area contributed by atoms with Gasteiger partial charge in [-0.15, -0.1) is 0 Å². The molecule has 0 fully saturated rings. The minimum absolute atomic E-state index is 0.0645. The molecular weight excluding hydrogens is 657 g/mol. The molecule has 6 aromatic carbocycles. The van der Waals surface area contributed by atoms with Crippen molar-refractivity contribution < 1.29 is 0 Å². The molecule has 0 aliphatic rings. The zero-order chi connectivity index (χ0) is 36.6. The van der Waals surface area contributed by atoms with Crippen molar-refractivity contribution in [2.24, 2.45) is 0 Å². The maximum absolute atomic E-state index is 5.28. The third-order valence-corrected chi connectivity index (χ3v) is 10.0. The standard InChI is InChI=1S/C50H38N4/c1-50(2,3)42-31-44(34-14-7-4-8-15-34)52-48-41(42)28-26-37-27-29-43(51-47(37)48)36-24-22-33(23-25-36)39-20-13-21-40(30-39)46-32-45(35-16-9-5-10-17-35)53-49(54-46)38-18-11-6-12-19-38/h4-32H,1-3H3. The summed E-state index contributed by atoms with van der Waals surface area (Å²) in [7, 11) is 0. The van der Waals surface area contributed by atoms with E-state index in [0.717, 1.165) is 83.5 Å². The highest BCUT2D eigenvalue weighted by Gasteiger charge is 2.21. The number of nitrogens with zero attached hydrogens (tertiary/aromatic N) is 4. The van der Waals surface area contributed by atoms with Gasteiger partial charge in [0.05, 0.1) is 33.8 Å². The maximum Gasteiger partial charge on any atom is 0.160 e. The van der Waals surface area contributed by atoms with Gasteiger partial charge >= 0.3 is 0 Å². The van der Waals surface area contributed by atoms with Crippen LogP contribution >= 0.6 is 0 Å². The van der Waals surface area contributed by atoms with Crippen molar-refractivity contribution >= 4 is 21.8 Å². The molecule has 9 rings (SSSR count). The molecule has 54 heavy (non-hydrogen) atoms. The lowest BCUT2D eigenvalue weighted by molar-refractivity contribution is 0.595. The lowest BCUT2D eigenvalue weighted by Gasteiger charge is -2.23. The molecule has 3 aromatic heterocycles. The van der Waals surface area contributed by atoms with E-state index in [1.165, 1.54) is 5.56 Å². The van der Waals surface area contributed by atoms with Crippen molar-refractivity contribution in [3.05, 3.63) is 181 Å². The van der Waals surface area contributed by atoms with Crippen LogP contribution in [0.25, 0.3) is 89.4 Å². The van der Waals surface area contributed by atoms with Crippen LogP contribution in [0.3, 0.4) is 0 Å². The van der Waals surface area contributed by atoms with Crippen molar-refractivity contribution in [2.75, 3.05) is 0 Å². The number of hydrogen-bond donors (Lipinski definition) is 0. The molecule has 9 aromatic rings. The van der Waals surface area contributed by atoms with Gasteiger partial charge < -0.3 is 0 Å². The first-order chi connectivity index (χ1) is 26.4. The van der Waals surface area contributed by atoms with E-state index in [1.54, 1.807) is 0 Å². The molecule has 0 atom stereocenters. The Balaban J connectivity index is 1.09. The summed E-state index contributed by atoms with van der Waals surface area (Å²) in [6, 6.07) is 61.1. The molecule has 0 N–H and O–H groups in total. The summed E-state index contributed by atoms with van der Waals surface area (Å²) in [6.45, 7) is 6.79. The van der Waals surface area contributed by atoms with Gasteiger partial charge in [-0.2, -0.15) is 0 Å². The summed E-state index contributed by atoms with van der Waals surface area (Å²) in [5, 5.41) is 2.22. The molecular formula is C50H38N4. The Morgan fingerprint density at radius 1 is 0.333 bits per heavy atom. The van der Waals surface area contributed by atoms with Crippen LogP contribution in [0.5, 0.6) is 0 Å². The molecule has 0 saturated heterocycles. The van der Waals surface area contributed by atoms with Crippen LogP contribution < -0.4 is 0 Å². The Bertz CT molecular complexity index is 2710. The predicted molar refractivity (Wildman–Crippen MR) is 224 cm³/mol. The molecule has 258 valence electrons. The van der Waals surface area contributed by atoms with Gasteiger partial charge in [0, 0.05) is 38.6 Å². The smallest absolute Gasteiger partial charge is 0.160 e. The molecule has 0 bridgehead atoms. The number of pyridine rings is 2. The quantitative estimate of drug-likeness (QED) is 0.163. The summed E-state index contributed by atoms with van der Waals surface area (Å²) >= 11 is 0. The number of aromatic nitrogens is 4. The lowest BCUT2D eigenvalue weighted by Crippen LogP contribution is -2.12. The van der Waals surface area contributed by atoms with Gasteiger partial charge in [0.2, 0.25) is 0 Å². The van der Waals surface area contributed by atoms with Crippen molar-refractivity contribution in [1.29, 1.82) is 0 Å². The Morgan fingerprint density at radius 3 is 1.48 bits per heavy atom. The number of fused-ring (bicyclic) bond motifs is 3. The zero-order valence-corrected chi connectivity index (χ0v) is 30.5. The van der Waals surface area contributed by atoms with E-state index in [4.69, 9.17) is 19.9 Å². The topological polar surface area (TPSA) is 51.6 Å². The van der Waals surface area contributed by atoms with Crippen molar-refractivity contribution in [3.63, 3.8) is 0 Å². The summed E-state index contributed by atoms with van der Waals surface area (Å²) in [4.78, 5) is 20.5. The van der Waals surface area contributed by atoms with Crippen LogP contribution in [0.2, 0.25) is 0 Å². The van der Waals surface area contributed by atoms with Crippen LogP contribution in [0.4, 0.5) is 0 Å². The van der Waals surface area contributed by atoms with Gasteiger partial charge in [-0.3, -0.25) is 0 Å².